The van der Waals surface area contributed by atoms with Crippen molar-refractivity contribution >= 4 is 27.6 Å². The van der Waals surface area contributed by atoms with Crippen molar-refractivity contribution in [3.8, 4) is 12.1 Å². The average Bonchev–Trinajstić information content (AvgIpc) is 3.50. The normalized spacial score (nSPS) is 25.0. The summed E-state index contributed by atoms with van der Waals surface area (Å²) >= 11 is 0. The number of hydrogen-bond acceptors (Lipinski definition) is 8. The summed E-state index contributed by atoms with van der Waals surface area (Å²) in [4.78, 5) is 12.6. The van der Waals surface area contributed by atoms with Crippen LogP contribution in [-0.4, -0.2) is 38.2 Å². The van der Waals surface area contributed by atoms with E-state index >= 15 is 0 Å². The lowest BCUT2D eigenvalue weighted by molar-refractivity contribution is 0.303. The fraction of sp³-hybridized carbons (Fsp3) is 0.429. The number of fused-ring (bicyclic) bond motifs is 5. The molecule has 2 bridgehead atoms. The lowest BCUT2D eigenvalue weighted by Gasteiger charge is -2.25. The third-order valence-electron chi connectivity index (χ3n) is 6.75. The third kappa shape index (κ3) is 2.85. The molecule has 1 aromatic carbocycles. The fourth-order valence-corrected chi connectivity index (χ4v) is 5.43. The Bertz CT molecular complexity index is 1310. The SMILES string of the molecule is CNc1cc(F)cc2c1[nH]c1nc(Oc3nnc(C)o3)nc(C3C[C@H]4C[C@@H]3C[C@H]4N)c12. The van der Waals surface area contributed by atoms with Crippen molar-refractivity contribution in [1.29, 1.82) is 0 Å². The van der Waals surface area contributed by atoms with Gasteiger partial charge >= 0.3 is 12.1 Å². The maximum Gasteiger partial charge on any atom is 0.422 e. The smallest absolute Gasteiger partial charge is 0.393 e. The van der Waals surface area contributed by atoms with Crippen LogP contribution in [-0.2, 0) is 0 Å². The summed E-state index contributed by atoms with van der Waals surface area (Å²) < 4.78 is 25.4. The van der Waals surface area contributed by atoms with Crippen molar-refractivity contribution in [3.05, 3.63) is 29.5 Å². The molecule has 0 radical (unpaired) electrons. The Labute approximate surface area is 176 Å². The van der Waals surface area contributed by atoms with E-state index in [1.807, 2.05) is 0 Å². The predicted octanol–water partition coefficient (Wildman–Crippen LogP) is 3.62. The molecule has 3 heterocycles. The summed E-state index contributed by atoms with van der Waals surface area (Å²) in [5.74, 6) is 1.21. The molecule has 4 aromatic rings. The highest BCUT2D eigenvalue weighted by molar-refractivity contribution is 6.11. The van der Waals surface area contributed by atoms with E-state index in [1.165, 1.54) is 12.1 Å². The van der Waals surface area contributed by atoms with E-state index in [0.29, 0.717) is 29.1 Å². The van der Waals surface area contributed by atoms with Crippen LogP contribution in [0.4, 0.5) is 10.1 Å². The standard InChI is InChI=1S/C21H22FN7O2/c1-8-28-29-21(30-8)31-20-26-18(12-4-10-3-9(12)5-14(10)23)16-13-6-11(22)7-15(24-2)17(13)25-19(16)27-20/h6-7,9-10,12,14,24H,3-5,23H2,1-2H3,(H,25,26,27)/t9-,10-,12?,14-/m1/s1. The van der Waals surface area contributed by atoms with E-state index in [4.69, 9.17) is 19.9 Å². The molecule has 0 spiro atoms. The molecule has 2 aliphatic carbocycles. The largest absolute Gasteiger partial charge is 0.422 e. The Morgan fingerprint density at radius 2 is 2.06 bits per heavy atom. The second-order valence-electron chi connectivity index (χ2n) is 8.55. The van der Waals surface area contributed by atoms with Crippen LogP contribution >= 0.6 is 0 Å². The van der Waals surface area contributed by atoms with Crippen molar-refractivity contribution in [2.45, 2.75) is 38.1 Å². The monoisotopic (exact) mass is 423 g/mol. The van der Waals surface area contributed by atoms with Gasteiger partial charge in [-0.3, -0.25) is 0 Å². The highest BCUT2D eigenvalue weighted by Gasteiger charge is 2.46. The maximum atomic E-state index is 14.4. The summed E-state index contributed by atoms with van der Waals surface area (Å²) in [7, 11) is 1.76. The van der Waals surface area contributed by atoms with E-state index in [-0.39, 0.29) is 29.9 Å². The molecule has 160 valence electrons. The number of halogens is 1. The maximum absolute atomic E-state index is 14.4. The van der Waals surface area contributed by atoms with Crippen molar-refractivity contribution in [3.63, 3.8) is 0 Å². The van der Waals surface area contributed by atoms with Crippen molar-refractivity contribution in [2.24, 2.45) is 17.6 Å². The molecule has 3 aromatic heterocycles. The number of aromatic amines is 1. The zero-order valence-corrected chi connectivity index (χ0v) is 17.1. The first-order valence-corrected chi connectivity index (χ1v) is 10.4. The van der Waals surface area contributed by atoms with Gasteiger partial charge in [-0.25, -0.2) is 4.39 Å². The first kappa shape index (κ1) is 18.5. The number of H-pyrrole nitrogens is 1. The Kier molecular flexibility index (Phi) is 3.95. The van der Waals surface area contributed by atoms with Gasteiger partial charge in [-0.05, 0) is 43.2 Å². The second kappa shape index (κ2) is 6.61. The summed E-state index contributed by atoms with van der Waals surface area (Å²) in [5, 5.41) is 12.3. The van der Waals surface area contributed by atoms with Crippen LogP contribution in [0.25, 0.3) is 21.9 Å². The molecule has 2 fully saturated rings. The van der Waals surface area contributed by atoms with Gasteiger partial charge in [0.25, 0.3) is 0 Å². The van der Waals surface area contributed by atoms with E-state index in [2.05, 4.69) is 25.5 Å². The molecule has 0 amide bonds. The lowest BCUT2D eigenvalue weighted by atomic mass is 9.83. The summed E-state index contributed by atoms with van der Waals surface area (Å²) in [6, 6.07) is 3.35. The Hall–Kier alpha value is -3.27. The van der Waals surface area contributed by atoms with Gasteiger partial charge in [-0.15, -0.1) is 5.10 Å². The van der Waals surface area contributed by atoms with Gasteiger partial charge in [0.15, 0.2) is 0 Å². The number of rotatable bonds is 4. The van der Waals surface area contributed by atoms with Crippen LogP contribution < -0.4 is 15.8 Å². The van der Waals surface area contributed by atoms with Crippen LogP contribution in [0.1, 0.15) is 36.8 Å². The van der Waals surface area contributed by atoms with E-state index < -0.39 is 0 Å². The quantitative estimate of drug-likeness (QED) is 0.454. The molecule has 2 aliphatic rings. The number of nitrogens with two attached hydrogens (primary N) is 1. The summed E-state index contributed by atoms with van der Waals surface area (Å²) in [6.45, 7) is 1.68. The molecule has 1 unspecified atom stereocenters. The molecule has 10 heteroatoms. The van der Waals surface area contributed by atoms with Crippen LogP contribution in [0, 0.1) is 24.6 Å². The fourth-order valence-electron chi connectivity index (χ4n) is 5.43. The average molecular weight is 423 g/mol. The third-order valence-corrected chi connectivity index (χ3v) is 6.75. The van der Waals surface area contributed by atoms with E-state index in [0.717, 1.165) is 41.2 Å². The van der Waals surface area contributed by atoms with Gasteiger partial charge in [0.1, 0.15) is 11.5 Å². The zero-order valence-electron chi connectivity index (χ0n) is 17.1. The van der Waals surface area contributed by atoms with Crippen LogP contribution in [0.3, 0.4) is 0 Å². The van der Waals surface area contributed by atoms with Gasteiger partial charge < -0.3 is 25.2 Å². The van der Waals surface area contributed by atoms with E-state index in [1.54, 1.807) is 14.0 Å². The predicted molar refractivity (Wildman–Crippen MR) is 112 cm³/mol. The minimum Gasteiger partial charge on any atom is -0.393 e. The van der Waals surface area contributed by atoms with Gasteiger partial charge in [0.05, 0.1) is 16.9 Å². The molecule has 0 aliphatic heterocycles. The first-order chi connectivity index (χ1) is 15.0. The van der Waals surface area contributed by atoms with Gasteiger partial charge in [-0.2, -0.15) is 9.97 Å². The molecule has 9 nitrogen and oxygen atoms in total. The topological polar surface area (TPSA) is 128 Å². The lowest BCUT2D eigenvalue weighted by Crippen LogP contribution is -2.29. The minimum atomic E-state index is -0.319. The highest BCUT2D eigenvalue weighted by atomic mass is 19.1. The number of aryl methyl sites for hydroxylation is 1. The Balaban J connectivity index is 1.56. The molecule has 31 heavy (non-hydrogen) atoms. The number of nitrogens with one attached hydrogen (secondary N) is 2. The number of anilines is 1. The number of benzene rings is 1. The molecule has 6 rings (SSSR count). The molecular formula is C21H22FN7O2. The van der Waals surface area contributed by atoms with Crippen LogP contribution in [0.15, 0.2) is 16.5 Å². The number of ether oxygens (including phenoxy) is 1. The minimum absolute atomic E-state index is 0.0177. The van der Waals surface area contributed by atoms with Gasteiger partial charge in [0, 0.05) is 36.7 Å². The molecule has 4 atom stereocenters. The molecule has 2 saturated carbocycles. The number of hydrogen-bond donors (Lipinski definition) is 3. The highest BCUT2D eigenvalue weighted by Crippen LogP contribution is 2.53. The summed E-state index contributed by atoms with van der Waals surface area (Å²) in [5.41, 5.74) is 9.16. The molecule has 4 N–H and O–H groups in total. The number of nitrogens with zero attached hydrogens (tertiary/aromatic N) is 4. The Morgan fingerprint density at radius 3 is 2.74 bits per heavy atom. The van der Waals surface area contributed by atoms with Crippen LogP contribution in [0.2, 0.25) is 0 Å². The van der Waals surface area contributed by atoms with Crippen molar-refractivity contribution in [2.75, 3.05) is 12.4 Å². The zero-order chi connectivity index (χ0) is 21.3. The van der Waals surface area contributed by atoms with Crippen molar-refractivity contribution in [1.82, 2.24) is 25.1 Å². The number of aromatic nitrogens is 5. The molecular weight excluding hydrogens is 401 g/mol. The molecule has 0 saturated heterocycles. The Morgan fingerprint density at radius 1 is 1.19 bits per heavy atom. The van der Waals surface area contributed by atoms with E-state index in [9.17, 15) is 4.39 Å². The summed E-state index contributed by atoms with van der Waals surface area (Å²) in [6.07, 6.45) is 3.00. The van der Waals surface area contributed by atoms with Crippen molar-refractivity contribution < 1.29 is 13.5 Å². The first-order valence-electron chi connectivity index (χ1n) is 10.4. The second-order valence-corrected chi connectivity index (χ2v) is 8.55. The van der Waals surface area contributed by atoms with Gasteiger partial charge in [-0.1, -0.05) is 5.10 Å². The van der Waals surface area contributed by atoms with Gasteiger partial charge in [0.2, 0.25) is 5.89 Å². The van der Waals surface area contributed by atoms with Crippen LogP contribution in [0.5, 0.6) is 12.1 Å².